The molecule has 0 atom stereocenters. The Labute approximate surface area is 117 Å². The van der Waals surface area contributed by atoms with E-state index >= 15 is 0 Å². The summed E-state index contributed by atoms with van der Waals surface area (Å²) in [7, 11) is 0. The van der Waals surface area contributed by atoms with Gasteiger partial charge in [-0.1, -0.05) is 11.6 Å². The number of nitro benzene ring substituents is 1. The van der Waals surface area contributed by atoms with Crippen LogP contribution in [0.4, 0.5) is 11.4 Å². The van der Waals surface area contributed by atoms with E-state index in [1.165, 1.54) is 18.2 Å². The number of aliphatic carboxylic acids is 1. The minimum Gasteiger partial charge on any atom is -0.481 e. The number of rotatable bonds is 6. The number of carboxylic acids is 1. The van der Waals surface area contributed by atoms with Crippen molar-refractivity contribution in [3.63, 3.8) is 0 Å². The maximum Gasteiger partial charge on any atom is 0.313 e. The predicted octanol–water partition coefficient (Wildman–Crippen LogP) is 2.00. The van der Waals surface area contributed by atoms with E-state index in [4.69, 9.17) is 16.7 Å². The number of amides is 1. The van der Waals surface area contributed by atoms with Crippen molar-refractivity contribution in [3.05, 3.63) is 33.3 Å². The van der Waals surface area contributed by atoms with Crippen molar-refractivity contribution >= 4 is 46.6 Å². The Morgan fingerprint density at radius 3 is 2.68 bits per heavy atom. The molecule has 0 saturated carbocycles. The number of nitro groups is 1. The fourth-order valence-corrected chi connectivity index (χ4v) is 1.89. The van der Waals surface area contributed by atoms with Crippen LogP contribution in [0.25, 0.3) is 0 Å². The van der Waals surface area contributed by atoms with Gasteiger partial charge in [0.05, 0.1) is 16.4 Å². The van der Waals surface area contributed by atoms with Crippen molar-refractivity contribution in [2.24, 2.45) is 0 Å². The Kier molecular flexibility index (Phi) is 5.58. The molecule has 0 unspecified atom stereocenters. The van der Waals surface area contributed by atoms with Crippen LogP contribution in [0.15, 0.2) is 18.2 Å². The van der Waals surface area contributed by atoms with Gasteiger partial charge in [-0.3, -0.25) is 19.7 Å². The van der Waals surface area contributed by atoms with Crippen LogP contribution in [-0.2, 0) is 9.59 Å². The van der Waals surface area contributed by atoms with Crippen LogP contribution in [0.3, 0.4) is 0 Å². The number of thioether (sulfide) groups is 1. The van der Waals surface area contributed by atoms with Crippen molar-refractivity contribution in [2.45, 2.75) is 0 Å². The number of nitrogens with one attached hydrogen (secondary N) is 1. The lowest BCUT2D eigenvalue weighted by molar-refractivity contribution is -0.383. The highest BCUT2D eigenvalue weighted by molar-refractivity contribution is 8.00. The largest absolute Gasteiger partial charge is 0.481 e. The zero-order valence-corrected chi connectivity index (χ0v) is 11.0. The molecule has 0 saturated heterocycles. The molecule has 0 bridgehead atoms. The van der Waals surface area contributed by atoms with Crippen LogP contribution in [0.2, 0.25) is 5.02 Å². The second kappa shape index (κ2) is 6.95. The van der Waals surface area contributed by atoms with E-state index < -0.39 is 16.8 Å². The molecule has 0 radical (unpaired) electrons. The molecule has 1 amide bonds. The molecule has 0 aliphatic rings. The van der Waals surface area contributed by atoms with E-state index in [0.717, 1.165) is 11.8 Å². The smallest absolute Gasteiger partial charge is 0.313 e. The molecule has 7 nitrogen and oxygen atoms in total. The first-order valence-electron chi connectivity index (χ1n) is 4.93. The minimum atomic E-state index is -1.04. The van der Waals surface area contributed by atoms with Crippen molar-refractivity contribution < 1.29 is 19.6 Å². The van der Waals surface area contributed by atoms with E-state index in [2.05, 4.69) is 5.32 Å². The Bertz CT molecular complexity index is 523. The lowest BCUT2D eigenvalue weighted by Gasteiger charge is -2.05. The van der Waals surface area contributed by atoms with Crippen molar-refractivity contribution in [1.82, 2.24) is 0 Å². The van der Waals surface area contributed by atoms with Gasteiger partial charge in [-0.15, -0.1) is 11.8 Å². The van der Waals surface area contributed by atoms with Gasteiger partial charge < -0.3 is 10.4 Å². The first-order chi connectivity index (χ1) is 8.90. The minimum absolute atomic E-state index is 0.0153. The summed E-state index contributed by atoms with van der Waals surface area (Å²) in [5, 5.41) is 21.7. The van der Waals surface area contributed by atoms with Gasteiger partial charge in [0.1, 0.15) is 5.69 Å². The second-order valence-electron chi connectivity index (χ2n) is 3.35. The Morgan fingerprint density at radius 2 is 2.11 bits per heavy atom. The SMILES string of the molecule is O=C(O)CSCC(=O)Nc1cc(Cl)ccc1[N+](=O)[O-]. The highest BCUT2D eigenvalue weighted by Crippen LogP contribution is 2.27. The highest BCUT2D eigenvalue weighted by Gasteiger charge is 2.16. The molecule has 0 spiro atoms. The van der Waals surface area contributed by atoms with Crippen molar-refractivity contribution in [1.29, 1.82) is 0 Å². The molecular weight excluding hydrogens is 296 g/mol. The average Bonchev–Trinajstić information content (AvgIpc) is 2.27. The molecule has 2 N–H and O–H groups in total. The molecule has 19 heavy (non-hydrogen) atoms. The maximum atomic E-state index is 11.5. The van der Waals surface area contributed by atoms with Gasteiger partial charge in [0.25, 0.3) is 5.69 Å². The van der Waals surface area contributed by atoms with E-state index in [1.807, 2.05) is 0 Å². The quantitative estimate of drug-likeness (QED) is 0.614. The Hall–Kier alpha value is -1.80. The van der Waals surface area contributed by atoms with Crippen molar-refractivity contribution in [3.8, 4) is 0 Å². The number of carboxylic acid groups (broad SMARTS) is 1. The van der Waals surface area contributed by atoms with E-state index in [-0.39, 0.29) is 27.9 Å². The lowest BCUT2D eigenvalue weighted by atomic mass is 10.2. The number of nitrogens with zero attached hydrogens (tertiary/aromatic N) is 1. The highest BCUT2D eigenvalue weighted by atomic mass is 35.5. The first-order valence-corrected chi connectivity index (χ1v) is 6.46. The summed E-state index contributed by atoms with van der Waals surface area (Å²) in [4.78, 5) is 31.9. The molecular formula is C10H9ClN2O5S. The standard InChI is InChI=1S/C10H9ClN2O5S/c11-6-1-2-8(13(17)18)7(3-6)12-9(14)4-19-5-10(15)16/h1-3H,4-5H2,(H,12,14)(H,15,16). The fraction of sp³-hybridized carbons (Fsp3) is 0.200. The number of carbonyl (C=O) groups excluding carboxylic acids is 1. The van der Waals surface area contributed by atoms with Crippen LogP contribution < -0.4 is 5.32 Å². The zero-order chi connectivity index (χ0) is 14.4. The molecule has 0 aromatic heterocycles. The number of hydrogen-bond acceptors (Lipinski definition) is 5. The normalized spacial score (nSPS) is 9.95. The fourth-order valence-electron chi connectivity index (χ4n) is 1.18. The third-order valence-electron chi connectivity index (χ3n) is 1.89. The molecule has 0 aliphatic carbocycles. The van der Waals surface area contributed by atoms with Gasteiger partial charge >= 0.3 is 5.97 Å². The summed E-state index contributed by atoms with van der Waals surface area (Å²) < 4.78 is 0. The third-order valence-corrected chi connectivity index (χ3v) is 3.04. The van der Waals surface area contributed by atoms with Crippen LogP contribution >= 0.6 is 23.4 Å². The van der Waals surface area contributed by atoms with E-state index in [9.17, 15) is 19.7 Å². The lowest BCUT2D eigenvalue weighted by Crippen LogP contribution is -2.16. The van der Waals surface area contributed by atoms with Gasteiger partial charge in [0.2, 0.25) is 5.91 Å². The molecule has 0 heterocycles. The number of benzene rings is 1. The summed E-state index contributed by atoms with van der Waals surface area (Å²) in [5.74, 6) is -1.90. The summed E-state index contributed by atoms with van der Waals surface area (Å²) in [5.41, 5.74) is -0.292. The van der Waals surface area contributed by atoms with Gasteiger partial charge in [-0.05, 0) is 12.1 Å². The maximum absolute atomic E-state index is 11.5. The van der Waals surface area contributed by atoms with Crippen LogP contribution in [-0.4, -0.2) is 33.4 Å². The predicted molar refractivity (Wildman–Crippen MR) is 71.7 cm³/mol. The summed E-state index contributed by atoms with van der Waals surface area (Å²) in [6.07, 6.45) is 0. The summed E-state index contributed by atoms with van der Waals surface area (Å²) >= 11 is 6.59. The number of carbonyl (C=O) groups is 2. The molecule has 1 aromatic carbocycles. The molecule has 102 valence electrons. The summed E-state index contributed by atoms with van der Waals surface area (Å²) in [6.45, 7) is 0. The second-order valence-corrected chi connectivity index (χ2v) is 4.78. The van der Waals surface area contributed by atoms with E-state index in [1.54, 1.807) is 0 Å². The Balaban J connectivity index is 2.70. The van der Waals surface area contributed by atoms with Gasteiger partial charge in [-0.2, -0.15) is 0 Å². The van der Waals surface area contributed by atoms with Crippen LogP contribution in [0.1, 0.15) is 0 Å². The number of hydrogen-bond donors (Lipinski definition) is 2. The molecule has 0 aliphatic heterocycles. The third kappa shape index (κ3) is 5.14. The number of halogens is 1. The van der Waals surface area contributed by atoms with E-state index in [0.29, 0.717) is 0 Å². The zero-order valence-electron chi connectivity index (χ0n) is 9.46. The molecule has 9 heteroatoms. The van der Waals surface area contributed by atoms with Gasteiger partial charge in [-0.25, -0.2) is 0 Å². The molecule has 0 fully saturated rings. The van der Waals surface area contributed by atoms with Gasteiger partial charge in [0, 0.05) is 11.1 Å². The van der Waals surface area contributed by atoms with Gasteiger partial charge in [0.15, 0.2) is 0 Å². The monoisotopic (exact) mass is 304 g/mol. The topological polar surface area (TPSA) is 110 Å². The molecule has 1 rings (SSSR count). The van der Waals surface area contributed by atoms with Crippen LogP contribution in [0.5, 0.6) is 0 Å². The van der Waals surface area contributed by atoms with Crippen molar-refractivity contribution in [2.75, 3.05) is 16.8 Å². The Morgan fingerprint density at radius 1 is 1.42 bits per heavy atom. The van der Waals surface area contributed by atoms with Crippen LogP contribution in [0, 0.1) is 10.1 Å². The number of anilines is 1. The average molecular weight is 305 g/mol. The molecule has 1 aromatic rings. The summed E-state index contributed by atoms with van der Waals surface area (Å²) in [6, 6.07) is 3.79. The first kappa shape index (κ1) is 15.3.